The van der Waals surface area contributed by atoms with Gasteiger partial charge in [0, 0.05) is 5.57 Å². The summed E-state index contributed by atoms with van der Waals surface area (Å²) in [5.41, 5.74) is 1.64. The van der Waals surface area contributed by atoms with Crippen molar-refractivity contribution in [2.75, 3.05) is 6.61 Å². The van der Waals surface area contributed by atoms with Gasteiger partial charge in [-0.2, -0.15) is 0 Å². The predicted octanol–water partition coefficient (Wildman–Crippen LogP) is 4.87. The van der Waals surface area contributed by atoms with Gasteiger partial charge in [-0.25, -0.2) is 4.79 Å². The molecule has 1 rings (SSSR count). The third-order valence-electron chi connectivity index (χ3n) is 2.11. The molecule has 0 spiro atoms. The molecule has 106 valence electrons. The molecular formula is C17H26O2. The summed E-state index contributed by atoms with van der Waals surface area (Å²) < 4.78 is 4.81. The van der Waals surface area contributed by atoms with Crippen LogP contribution < -0.4 is 0 Å². The van der Waals surface area contributed by atoms with E-state index in [1.807, 2.05) is 36.4 Å². The van der Waals surface area contributed by atoms with Crippen LogP contribution in [-0.4, -0.2) is 12.6 Å². The highest BCUT2D eigenvalue weighted by Gasteiger charge is 2.00. The van der Waals surface area contributed by atoms with Crippen LogP contribution in [-0.2, 0) is 9.53 Å². The smallest absolute Gasteiger partial charge is 0.333 e. The van der Waals surface area contributed by atoms with Crippen LogP contribution in [0.25, 0.3) is 6.08 Å². The molecule has 0 amide bonds. The molecule has 2 nitrogen and oxygen atoms in total. The molecule has 0 heterocycles. The Hall–Kier alpha value is -1.83. The Bertz CT molecular complexity index is 366. The van der Waals surface area contributed by atoms with Gasteiger partial charge in [-0.3, -0.25) is 0 Å². The molecular weight excluding hydrogens is 236 g/mol. The van der Waals surface area contributed by atoms with E-state index in [0.29, 0.717) is 12.2 Å². The van der Waals surface area contributed by atoms with Gasteiger partial charge < -0.3 is 4.74 Å². The van der Waals surface area contributed by atoms with E-state index >= 15 is 0 Å². The molecule has 0 aliphatic rings. The summed E-state index contributed by atoms with van der Waals surface area (Å²) in [5.74, 6) is -0.284. The van der Waals surface area contributed by atoms with Crippen molar-refractivity contribution in [1.82, 2.24) is 0 Å². The van der Waals surface area contributed by atoms with Crippen LogP contribution in [0, 0.1) is 0 Å². The predicted molar refractivity (Wildman–Crippen MR) is 83.9 cm³/mol. The van der Waals surface area contributed by atoms with Crippen LogP contribution in [0.3, 0.4) is 0 Å². The zero-order chi connectivity index (χ0) is 13.8. The van der Waals surface area contributed by atoms with Crippen LogP contribution in [0.5, 0.6) is 0 Å². The number of unbranched alkanes of at least 4 members (excludes halogenated alkanes) is 1. The molecule has 2 heteroatoms. The SMILES string of the molecule is C.C=C(C)C(=O)OCCCC.C=Cc1ccccc1. The van der Waals surface area contributed by atoms with E-state index in [0.717, 1.165) is 12.8 Å². The number of hydrogen-bond acceptors (Lipinski definition) is 2. The molecule has 0 unspecified atom stereocenters. The van der Waals surface area contributed by atoms with Crippen molar-refractivity contribution in [1.29, 1.82) is 0 Å². The Kier molecular flexibility index (Phi) is 13.0. The summed E-state index contributed by atoms with van der Waals surface area (Å²) in [6.45, 7) is 11.3. The van der Waals surface area contributed by atoms with Gasteiger partial charge in [0.25, 0.3) is 0 Å². The average Bonchev–Trinajstić information content (AvgIpc) is 2.40. The Morgan fingerprint density at radius 2 is 1.89 bits per heavy atom. The van der Waals surface area contributed by atoms with Crippen LogP contribution >= 0.6 is 0 Å². The third kappa shape index (κ3) is 11.0. The van der Waals surface area contributed by atoms with E-state index in [1.54, 1.807) is 6.92 Å². The standard InChI is InChI=1S/C8H14O2.C8H8.CH4/c1-4-5-6-10-8(9)7(2)3;1-2-8-6-4-3-5-7-8;/h2,4-6H2,1,3H3;2-7H,1H2;1H4. The largest absolute Gasteiger partial charge is 0.462 e. The fraction of sp³-hybridized carbons (Fsp3) is 0.353. The summed E-state index contributed by atoms with van der Waals surface area (Å²) in [7, 11) is 0. The second kappa shape index (κ2) is 12.6. The third-order valence-corrected chi connectivity index (χ3v) is 2.11. The lowest BCUT2D eigenvalue weighted by Crippen LogP contribution is -2.05. The first-order valence-corrected chi connectivity index (χ1v) is 6.12. The summed E-state index contributed by atoms with van der Waals surface area (Å²) in [6, 6.07) is 10.0. The number of esters is 1. The summed E-state index contributed by atoms with van der Waals surface area (Å²) in [4.78, 5) is 10.7. The highest BCUT2D eigenvalue weighted by Crippen LogP contribution is 1.97. The Morgan fingerprint density at radius 3 is 2.26 bits per heavy atom. The maximum absolute atomic E-state index is 10.7. The molecule has 0 radical (unpaired) electrons. The topological polar surface area (TPSA) is 26.3 Å². The van der Waals surface area contributed by atoms with Crippen molar-refractivity contribution in [3.63, 3.8) is 0 Å². The van der Waals surface area contributed by atoms with Crippen molar-refractivity contribution < 1.29 is 9.53 Å². The maximum atomic E-state index is 10.7. The van der Waals surface area contributed by atoms with E-state index in [2.05, 4.69) is 20.1 Å². The van der Waals surface area contributed by atoms with Gasteiger partial charge in [-0.05, 0) is 18.9 Å². The van der Waals surface area contributed by atoms with E-state index in [-0.39, 0.29) is 13.4 Å². The van der Waals surface area contributed by atoms with Gasteiger partial charge in [0.1, 0.15) is 0 Å². The lowest BCUT2D eigenvalue weighted by Gasteiger charge is -2.01. The second-order valence-corrected chi connectivity index (χ2v) is 3.88. The lowest BCUT2D eigenvalue weighted by atomic mass is 10.2. The molecule has 0 saturated carbocycles. The van der Waals surface area contributed by atoms with E-state index in [4.69, 9.17) is 4.74 Å². The number of carbonyl (C=O) groups excluding carboxylic acids is 1. The number of ether oxygens (including phenoxy) is 1. The first-order valence-electron chi connectivity index (χ1n) is 6.12. The molecule has 1 aromatic carbocycles. The average molecular weight is 262 g/mol. The molecule has 0 aliphatic carbocycles. The molecule has 0 bridgehead atoms. The van der Waals surface area contributed by atoms with E-state index in [1.165, 1.54) is 5.56 Å². The number of hydrogen-bond donors (Lipinski definition) is 0. The fourth-order valence-corrected chi connectivity index (χ4v) is 1.02. The molecule has 0 saturated heterocycles. The Morgan fingerprint density at radius 1 is 1.32 bits per heavy atom. The molecule has 0 aliphatic heterocycles. The van der Waals surface area contributed by atoms with Gasteiger partial charge >= 0.3 is 5.97 Å². The van der Waals surface area contributed by atoms with Crippen LogP contribution in [0.4, 0.5) is 0 Å². The summed E-state index contributed by atoms with van der Waals surface area (Å²) in [6.07, 6.45) is 3.81. The van der Waals surface area contributed by atoms with Gasteiger partial charge in [0.2, 0.25) is 0 Å². The first kappa shape index (κ1) is 19.5. The van der Waals surface area contributed by atoms with Crippen molar-refractivity contribution in [2.45, 2.75) is 34.1 Å². The van der Waals surface area contributed by atoms with Gasteiger partial charge in [0.05, 0.1) is 6.61 Å². The number of rotatable bonds is 5. The second-order valence-electron chi connectivity index (χ2n) is 3.88. The van der Waals surface area contributed by atoms with Crippen LogP contribution in [0.2, 0.25) is 0 Å². The molecule has 1 aromatic rings. The van der Waals surface area contributed by atoms with E-state index in [9.17, 15) is 4.79 Å². The minimum atomic E-state index is -0.284. The van der Waals surface area contributed by atoms with Gasteiger partial charge in [-0.15, -0.1) is 0 Å². The van der Waals surface area contributed by atoms with Crippen molar-refractivity contribution in [2.24, 2.45) is 0 Å². The van der Waals surface area contributed by atoms with E-state index < -0.39 is 0 Å². The summed E-state index contributed by atoms with van der Waals surface area (Å²) in [5, 5.41) is 0. The monoisotopic (exact) mass is 262 g/mol. The molecule has 0 fully saturated rings. The highest BCUT2D eigenvalue weighted by atomic mass is 16.5. The van der Waals surface area contributed by atoms with Crippen molar-refractivity contribution in [3.05, 3.63) is 54.6 Å². The number of benzene rings is 1. The molecule has 0 atom stereocenters. The normalized spacial score (nSPS) is 8.32. The van der Waals surface area contributed by atoms with Crippen LogP contribution in [0.1, 0.15) is 39.7 Å². The zero-order valence-corrected chi connectivity index (χ0v) is 11.3. The van der Waals surface area contributed by atoms with Crippen molar-refractivity contribution >= 4 is 12.0 Å². The fourth-order valence-electron chi connectivity index (χ4n) is 1.02. The minimum Gasteiger partial charge on any atom is -0.462 e. The molecule has 19 heavy (non-hydrogen) atoms. The number of carbonyl (C=O) groups is 1. The zero-order valence-electron chi connectivity index (χ0n) is 11.3. The Balaban J connectivity index is 0. The minimum absolute atomic E-state index is 0. The molecule has 0 aromatic heterocycles. The Labute approximate surface area is 117 Å². The quantitative estimate of drug-likeness (QED) is 0.430. The van der Waals surface area contributed by atoms with Crippen molar-refractivity contribution in [3.8, 4) is 0 Å². The first-order chi connectivity index (χ1) is 8.61. The van der Waals surface area contributed by atoms with Gasteiger partial charge in [-0.1, -0.05) is 70.3 Å². The maximum Gasteiger partial charge on any atom is 0.333 e. The van der Waals surface area contributed by atoms with Crippen LogP contribution in [0.15, 0.2) is 49.1 Å². The van der Waals surface area contributed by atoms with Gasteiger partial charge in [0.15, 0.2) is 0 Å². The highest BCUT2D eigenvalue weighted by molar-refractivity contribution is 5.86. The lowest BCUT2D eigenvalue weighted by molar-refractivity contribution is -0.139. The summed E-state index contributed by atoms with van der Waals surface area (Å²) >= 11 is 0. The molecule has 0 N–H and O–H groups in total.